The van der Waals surface area contributed by atoms with Crippen LogP contribution in [-0.4, -0.2) is 26.4 Å². The molecule has 42 heavy (non-hydrogen) atoms. The third kappa shape index (κ3) is 4.43. The maximum Gasteiger partial charge on any atom is 0.162 e. The van der Waals surface area contributed by atoms with Gasteiger partial charge in [-0.25, -0.2) is 0 Å². The van der Waals surface area contributed by atoms with Crippen LogP contribution in [0.2, 0.25) is 0 Å². The molecule has 0 saturated carbocycles. The molecule has 4 heterocycles. The molecule has 2 aromatic heterocycles. The van der Waals surface area contributed by atoms with Gasteiger partial charge in [-0.2, -0.15) is 0 Å². The minimum absolute atomic E-state index is 0.510. The smallest absolute Gasteiger partial charge is 0.162 e. The van der Waals surface area contributed by atoms with Crippen molar-refractivity contribution in [1.82, 2.24) is 0 Å². The number of rotatable bonds is 3. The molecule has 0 spiro atoms. The monoisotopic (exact) mass is 556 g/mol. The standard InChI is InChI=1S/C34H24N2O6/c1-3-7-27-23(5-1)25(19-31(41-27)21-9-11-29-33(17-21)39-15-13-37-29)35-36-26-20-32(42-28-8-4-2-6-24(26)28)22-10-12-30-34(18-22)40-16-14-38-30/h1-12,17-20H,13-16H2/b35-25-,36-26-. The lowest BCUT2D eigenvalue weighted by Gasteiger charge is -2.18. The summed E-state index contributed by atoms with van der Waals surface area (Å²) in [4.78, 5) is 0. The largest absolute Gasteiger partial charge is 0.486 e. The Kier molecular flexibility index (Phi) is 5.88. The van der Waals surface area contributed by atoms with Crippen LogP contribution in [-0.2, 0) is 0 Å². The molecule has 8 nitrogen and oxygen atoms in total. The lowest BCUT2D eigenvalue weighted by atomic mass is 10.1. The quantitative estimate of drug-likeness (QED) is 0.232. The molecule has 6 aromatic rings. The zero-order chi connectivity index (χ0) is 27.9. The van der Waals surface area contributed by atoms with Crippen molar-refractivity contribution >= 4 is 21.9 Å². The molecule has 4 aromatic carbocycles. The van der Waals surface area contributed by atoms with Crippen LogP contribution in [0, 0.1) is 0 Å². The molecule has 0 fully saturated rings. The Morgan fingerprint density at radius 2 is 0.857 bits per heavy atom. The van der Waals surface area contributed by atoms with Crippen LogP contribution >= 0.6 is 0 Å². The van der Waals surface area contributed by atoms with Crippen LogP contribution in [0.5, 0.6) is 23.0 Å². The predicted molar refractivity (Wildman–Crippen MR) is 156 cm³/mol. The molecule has 0 N–H and O–H groups in total. The summed E-state index contributed by atoms with van der Waals surface area (Å²) in [6.07, 6.45) is 0. The molecular formula is C34H24N2O6. The highest BCUT2D eigenvalue weighted by Crippen LogP contribution is 2.36. The summed E-state index contributed by atoms with van der Waals surface area (Å²) in [5, 5.41) is 12.6. The summed E-state index contributed by atoms with van der Waals surface area (Å²) in [5.41, 5.74) is 3.10. The molecule has 0 radical (unpaired) electrons. The van der Waals surface area contributed by atoms with Crippen molar-refractivity contribution < 1.29 is 27.8 Å². The Morgan fingerprint density at radius 3 is 1.33 bits per heavy atom. The van der Waals surface area contributed by atoms with Crippen LogP contribution < -0.4 is 29.7 Å². The average molecular weight is 557 g/mol. The summed E-state index contributed by atoms with van der Waals surface area (Å²) in [5.74, 6) is 4.11. The van der Waals surface area contributed by atoms with Crippen molar-refractivity contribution in [3.8, 4) is 45.6 Å². The molecule has 0 atom stereocenters. The number of hydrogen-bond acceptors (Lipinski definition) is 8. The van der Waals surface area contributed by atoms with E-state index >= 15 is 0 Å². The maximum atomic E-state index is 6.29. The van der Waals surface area contributed by atoms with Gasteiger partial charge in [0.15, 0.2) is 23.0 Å². The normalized spacial score (nSPS) is 14.9. The Labute approximate surface area is 239 Å². The molecule has 0 aliphatic carbocycles. The van der Waals surface area contributed by atoms with Gasteiger partial charge in [-0.05, 0) is 60.7 Å². The molecule has 0 amide bonds. The van der Waals surface area contributed by atoms with E-state index in [1.165, 1.54) is 0 Å². The molecule has 8 rings (SSSR count). The summed E-state index contributed by atoms with van der Waals surface area (Å²) >= 11 is 0. The van der Waals surface area contributed by atoms with Crippen LogP contribution in [0.3, 0.4) is 0 Å². The zero-order valence-corrected chi connectivity index (χ0v) is 22.4. The van der Waals surface area contributed by atoms with E-state index in [4.69, 9.17) is 38.0 Å². The lowest BCUT2D eigenvalue weighted by molar-refractivity contribution is 0.171. The number of nitrogens with zero attached hydrogens (tertiary/aromatic N) is 2. The van der Waals surface area contributed by atoms with Gasteiger partial charge in [0.1, 0.15) is 59.8 Å². The van der Waals surface area contributed by atoms with Gasteiger partial charge >= 0.3 is 0 Å². The molecule has 0 unspecified atom stereocenters. The van der Waals surface area contributed by atoms with Crippen molar-refractivity contribution in [2.45, 2.75) is 0 Å². The third-order valence-corrected chi connectivity index (χ3v) is 7.22. The summed E-state index contributed by atoms with van der Waals surface area (Å²) in [6, 6.07) is 30.9. The third-order valence-electron chi connectivity index (χ3n) is 7.22. The number of ether oxygens (including phenoxy) is 4. The minimum Gasteiger partial charge on any atom is -0.486 e. The van der Waals surface area contributed by atoms with Crippen LogP contribution in [0.4, 0.5) is 0 Å². The van der Waals surface area contributed by atoms with Gasteiger partial charge in [0.05, 0.1) is 0 Å². The molecule has 2 aliphatic heterocycles. The van der Waals surface area contributed by atoms with Crippen LogP contribution in [0.25, 0.3) is 44.6 Å². The molecule has 0 saturated heterocycles. The summed E-state index contributed by atoms with van der Waals surface area (Å²) < 4.78 is 35.5. The predicted octanol–water partition coefficient (Wildman–Crippen LogP) is 6.47. The van der Waals surface area contributed by atoms with Gasteiger partial charge in [-0.1, -0.05) is 24.3 Å². The van der Waals surface area contributed by atoms with E-state index in [0.29, 0.717) is 71.3 Å². The van der Waals surface area contributed by atoms with Crippen LogP contribution in [0.1, 0.15) is 0 Å². The first kappa shape index (κ1) is 24.3. The lowest BCUT2D eigenvalue weighted by Crippen LogP contribution is -2.15. The zero-order valence-electron chi connectivity index (χ0n) is 22.4. The first-order valence-electron chi connectivity index (χ1n) is 13.7. The van der Waals surface area contributed by atoms with E-state index in [1.807, 2.05) is 97.1 Å². The topological polar surface area (TPSA) is 87.9 Å². The van der Waals surface area contributed by atoms with E-state index < -0.39 is 0 Å². The molecule has 8 heteroatoms. The second kappa shape index (κ2) is 10.2. The minimum atomic E-state index is 0.510. The number of hydrogen-bond donors (Lipinski definition) is 0. The first-order chi connectivity index (χ1) is 20.8. The van der Waals surface area contributed by atoms with Crippen molar-refractivity contribution in [3.63, 3.8) is 0 Å². The highest BCUT2D eigenvalue weighted by Gasteiger charge is 2.16. The highest BCUT2D eigenvalue weighted by atomic mass is 16.6. The van der Waals surface area contributed by atoms with E-state index in [1.54, 1.807) is 0 Å². The van der Waals surface area contributed by atoms with Gasteiger partial charge in [0.25, 0.3) is 0 Å². The Morgan fingerprint density at radius 1 is 0.429 bits per heavy atom. The van der Waals surface area contributed by atoms with Gasteiger partial charge in [0.2, 0.25) is 0 Å². The van der Waals surface area contributed by atoms with Crippen LogP contribution in [0.15, 0.2) is 116 Å². The molecule has 206 valence electrons. The SMILES string of the molecule is c1ccc2/c(=N\N=c3\cc(-c4ccc5c(c4)OCCO5)oc4ccccc34)cc(-c3ccc4c(c3)OCCO4)oc2c1. The van der Waals surface area contributed by atoms with E-state index in [-0.39, 0.29) is 0 Å². The van der Waals surface area contributed by atoms with Gasteiger partial charge in [-0.15, -0.1) is 10.2 Å². The Bertz CT molecular complexity index is 1980. The Balaban J connectivity index is 1.30. The second-order valence-corrected chi connectivity index (χ2v) is 9.90. The van der Waals surface area contributed by atoms with Crippen molar-refractivity contribution in [3.05, 3.63) is 108 Å². The van der Waals surface area contributed by atoms with Gasteiger partial charge in [-0.3, -0.25) is 0 Å². The maximum absolute atomic E-state index is 6.29. The van der Waals surface area contributed by atoms with Crippen molar-refractivity contribution in [1.29, 1.82) is 0 Å². The fraction of sp³-hybridized carbons (Fsp3) is 0.118. The van der Waals surface area contributed by atoms with E-state index in [9.17, 15) is 0 Å². The van der Waals surface area contributed by atoms with Crippen molar-refractivity contribution in [2.75, 3.05) is 26.4 Å². The van der Waals surface area contributed by atoms with Gasteiger partial charge in [0, 0.05) is 34.0 Å². The molecular weight excluding hydrogens is 532 g/mol. The van der Waals surface area contributed by atoms with Crippen molar-refractivity contribution in [2.24, 2.45) is 10.2 Å². The second-order valence-electron chi connectivity index (χ2n) is 9.90. The highest BCUT2D eigenvalue weighted by molar-refractivity contribution is 5.80. The summed E-state index contributed by atoms with van der Waals surface area (Å²) in [6.45, 7) is 2.09. The first-order valence-corrected chi connectivity index (χ1v) is 13.7. The fourth-order valence-electron chi connectivity index (χ4n) is 5.19. The number of para-hydroxylation sites is 2. The van der Waals surface area contributed by atoms with E-state index in [2.05, 4.69) is 0 Å². The number of fused-ring (bicyclic) bond motifs is 4. The Hall–Kier alpha value is -5.50. The molecule has 0 bridgehead atoms. The van der Waals surface area contributed by atoms with E-state index in [0.717, 1.165) is 33.4 Å². The summed E-state index contributed by atoms with van der Waals surface area (Å²) in [7, 11) is 0. The molecule has 2 aliphatic rings. The fourth-order valence-corrected chi connectivity index (χ4v) is 5.19. The number of benzene rings is 4. The van der Waals surface area contributed by atoms with Gasteiger partial charge < -0.3 is 27.8 Å². The average Bonchev–Trinajstić information content (AvgIpc) is 3.06.